The first-order chi connectivity index (χ1) is 8.90. The highest BCUT2D eigenvalue weighted by molar-refractivity contribution is 9.10. The molecule has 1 saturated heterocycles. The first-order valence-corrected chi connectivity index (χ1v) is 7.51. The molecule has 0 radical (unpaired) electrons. The van der Waals surface area contributed by atoms with Gasteiger partial charge in [0.2, 0.25) is 0 Å². The fourth-order valence-corrected chi connectivity index (χ4v) is 3.27. The van der Waals surface area contributed by atoms with Crippen LogP contribution in [-0.2, 0) is 13.5 Å². The second-order valence-electron chi connectivity index (χ2n) is 5.65. The van der Waals surface area contributed by atoms with E-state index in [0.29, 0.717) is 6.04 Å². The molecule has 1 aromatic heterocycles. The Hall–Kier alpha value is -0.430. The zero-order valence-corrected chi connectivity index (χ0v) is 13.8. The Morgan fingerprint density at radius 2 is 2.05 bits per heavy atom. The number of rotatable bonds is 3. The van der Waals surface area contributed by atoms with Crippen molar-refractivity contribution in [3.63, 3.8) is 0 Å². The molecule has 2 atom stereocenters. The van der Waals surface area contributed by atoms with Crippen molar-refractivity contribution in [3.8, 4) is 0 Å². The van der Waals surface area contributed by atoms with E-state index in [1.165, 1.54) is 5.69 Å². The minimum atomic E-state index is 0.124. The minimum absolute atomic E-state index is 0.124. The number of aromatic nitrogens is 2. The van der Waals surface area contributed by atoms with E-state index in [1.807, 2.05) is 18.7 Å². The maximum atomic E-state index is 6.45. The van der Waals surface area contributed by atoms with Gasteiger partial charge in [-0.3, -0.25) is 9.58 Å². The average molecular weight is 330 g/mol. The van der Waals surface area contributed by atoms with Gasteiger partial charge in [0.25, 0.3) is 0 Å². The third kappa shape index (κ3) is 3.18. The summed E-state index contributed by atoms with van der Waals surface area (Å²) >= 11 is 3.62. The van der Waals surface area contributed by atoms with Crippen molar-refractivity contribution in [2.75, 3.05) is 33.7 Å². The molecule has 5 nitrogen and oxygen atoms in total. The largest absolute Gasteiger partial charge is 0.326 e. The molecule has 2 rings (SSSR count). The lowest BCUT2D eigenvalue weighted by atomic mass is 10.00. The first kappa shape index (κ1) is 15.0. The summed E-state index contributed by atoms with van der Waals surface area (Å²) in [6.45, 7) is 5.25. The topological polar surface area (TPSA) is 50.3 Å². The van der Waals surface area contributed by atoms with E-state index in [2.05, 4.69) is 44.9 Å². The van der Waals surface area contributed by atoms with Crippen LogP contribution in [0.1, 0.15) is 11.4 Å². The summed E-state index contributed by atoms with van der Waals surface area (Å²) in [5.41, 5.74) is 8.66. The SMILES string of the molecule is Cc1nn(C)c(CC(N)C2CN(C)CCN2C)c1Br. The van der Waals surface area contributed by atoms with Crippen molar-refractivity contribution in [2.45, 2.75) is 25.4 Å². The van der Waals surface area contributed by atoms with Crippen molar-refractivity contribution < 1.29 is 0 Å². The number of halogens is 1. The highest BCUT2D eigenvalue weighted by atomic mass is 79.9. The van der Waals surface area contributed by atoms with Crippen molar-refractivity contribution in [3.05, 3.63) is 15.9 Å². The van der Waals surface area contributed by atoms with Gasteiger partial charge in [0.1, 0.15) is 0 Å². The molecule has 0 spiro atoms. The van der Waals surface area contributed by atoms with Crippen LogP contribution in [0.3, 0.4) is 0 Å². The van der Waals surface area contributed by atoms with Crippen LogP contribution >= 0.6 is 15.9 Å². The van der Waals surface area contributed by atoms with E-state index in [-0.39, 0.29) is 6.04 Å². The molecule has 108 valence electrons. The Morgan fingerprint density at radius 1 is 1.37 bits per heavy atom. The van der Waals surface area contributed by atoms with Crippen molar-refractivity contribution >= 4 is 15.9 Å². The van der Waals surface area contributed by atoms with Crippen LogP contribution in [0.5, 0.6) is 0 Å². The van der Waals surface area contributed by atoms with Gasteiger partial charge in [0, 0.05) is 45.2 Å². The molecule has 0 aliphatic carbocycles. The minimum Gasteiger partial charge on any atom is -0.326 e. The molecule has 1 aromatic rings. The molecule has 1 fully saturated rings. The van der Waals surface area contributed by atoms with E-state index in [4.69, 9.17) is 5.73 Å². The molecule has 0 saturated carbocycles. The molecular formula is C13H24BrN5. The molecule has 2 unspecified atom stereocenters. The molecule has 0 amide bonds. The zero-order valence-electron chi connectivity index (χ0n) is 12.2. The van der Waals surface area contributed by atoms with Gasteiger partial charge in [-0.2, -0.15) is 5.10 Å². The molecule has 2 heterocycles. The zero-order chi connectivity index (χ0) is 14.2. The highest BCUT2D eigenvalue weighted by Gasteiger charge is 2.28. The normalized spacial score (nSPS) is 23.8. The maximum absolute atomic E-state index is 6.45. The number of nitrogens with two attached hydrogens (primary N) is 1. The van der Waals surface area contributed by atoms with Crippen LogP contribution in [-0.4, -0.2) is 65.4 Å². The summed E-state index contributed by atoms with van der Waals surface area (Å²) in [7, 11) is 6.31. The number of likely N-dealkylation sites (N-methyl/N-ethyl adjacent to an activating group) is 2. The van der Waals surface area contributed by atoms with Gasteiger partial charge in [-0.1, -0.05) is 0 Å². The summed E-state index contributed by atoms with van der Waals surface area (Å²) in [6, 6.07) is 0.528. The Balaban J connectivity index is 2.09. The number of hydrogen-bond acceptors (Lipinski definition) is 4. The smallest absolute Gasteiger partial charge is 0.0738 e. The maximum Gasteiger partial charge on any atom is 0.0738 e. The monoisotopic (exact) mass is 329 g/mol. The number of nitrogens with zero attached hydrogens (tertiary/aromatic N) is 4. The number of piperazine rings is 1. The summed E-state index contributed by atoms with van der Waals surface area (Å²) in [5, 5.41) is 4.43. The fourth-order valence-electron chi connectivity index (χ4n) is 2.77. The van der Waals surface area contributed by atoms with Crippen LogP contribution < -0.4 is 5.73 Å². The molecule has 0 aromatic carbocycles. The van der Waals surface area contributed by atoms with Gasteiger partial charge in [-0.05, 0) is 36.9 Å². The predicted octanol–water partition coefficient (Wildman–Crippen LogP) is 0.607. The van der Waals surface area contributed by atoms with Crippen molar-refractivity contribution in [1.82, 2.24) is 19.6 Å². The summed E-state index contributed by atoms with van der Waals surface area (Å²) in [4.78, 5) is 4.73. The van der Waals surface area contributed by atoms with Crippen LogP contribution in [0.15, 0.2) is 4.47 Å². The third-order valence-corrected chi connectivity index (χ3v) is 5.12. The summed E-state index contributed by atoms with van der Waals surface area (Å²) < 4.78 is 3.03. The molecular weight excluding hydrogens is 306 g/mol. The van der Waals surface area contributed by atoms with Gasteiger partial charge in [0.05, 0.1) is 15.9 Å². The molecule has 1 aliphatic heterocycles. The number of hydrogen-bond donors (Lipinski definition) is 1. The second-order valence-corrected chi connectivity index (χ2v) is 6.44. The van der Waals surface area contributed by atoms with Crippen LogP contribution in [0, 0.1) is 6.92 Å². The Kier molecular flexibility index (Phi) is 4.66. The Labute approximate surface area is 123 Å². The van der Waals surface area contributed by atoms with E-state index in [9.17, 15) is 0 Å². The molecule has 2 N–H and O–H groups in total. The van der Waals surface area contributed by atoms with E-state index >= 15 is 0 Å². The van der Waals surface area contributed by atoms with Gasteiger partial charge in [-0.15, -0.1) is 0 Å². The van der Waals surface area contributed by atoms with Crippen molar-refractivity contribution in [2.24, 2.45) is 12.8 Å². The van der Waals surface area contributed by atoms with E-state index < -0.39 is 0 Å². The summed E-state index contributed by atoms with van der Waals surface area (Å²) in [6.07, 6.45) is 0.848. The van der Waals surface area contributed by atoms with E-state index in [1.54, 1.807) is 0 Å². The first-order valence-electron chi connectivity index (χ1n) is 6.72. The number of aryl methyl sites for hydroxylation is 2. The van der Waals surface area contributed by atoms with Gasteiger partial charge >= 0.3 is 0 Å². The standard InChI is InChI=1S/C13H24BrN5/c1-9-13(14)11(19(4)16-9)7-10(15)12-8-17(2)5-6-18(12)3/h10,12H,5-8,15H2,1-4H3. The van der Waals surface area contributed by atoms with Gasteiger partial charge in [0.15, 0.2) is 0 Å². The van der Waals surface area contributed by atoms with Gasteiger partial charge in [-0.25, -0.2) is 0 Å². The fraction of sp³-hybridized carbons (Fsp3) is 0.769. The second kappa shape index (κ2) is 5.91. The van der Waals surface area contributed by atoms with Crippen LogP contribution in [0.2, 0.25) is 0 Å². The van der Waals surface area contributed by atoms with Gasteiger partial charge < -0.3 is 10.6 Å². The Morgan fingerprint density at radius 3 is 2.63 bits per heavy atom. The lowest BCUT2D eigenvalue weighted by Gasteiger charge is -2.40. The molecule has 6 heteroatoms. The highest BCUT2D eigenvalue weighted by Crippen LogP contribution is 2.22. The molecule has 19 heavy (non-hydrogen) atoms. The molecule has 0 bridgehead atoms. The van der Waals surface area contributed by atoms with Crippen LogP contribution in [0.25, 0.3) is 0 Å². The summed E-state index contributed by atoms with van der Waals surface area (Å²) in [5.74, 6) is 0. The lowest BCUT2D eigenvalue weighted by molar-refractivity contribution is 0.0969. The van der Waals surface area contributed by atoms with E-state index in [0.717, 1.165) is 36.2 Å². The molecule has 1 aliphatic rings. The average Bonchev–Trinajstić information content (AvgIpc) is 2.59. The lowest BCUT2D eigenvalue weighted by Crippen LogP contribution is -2.58. The third-order valence-electron chi connectivity index (χ3n) is 4.08. The van der Waals surface area contributed by atoms with Crippen LogP contribution in [0.4, 0.5) is 0 Å². The quantitative estimate of drug-likeness (QED) is 0.882. The Bertz CT molecular complexity index is 444. The predicted molar refractivity (Wildman–Crippen MR) is 81.2 cm³/mol. The van der Waals surface area contributed by atoms with Crippen molar-refractivity contribution in [1.29, 1.82) is 0 Å².